The Morgan fingerprint density at radius 1 is 1.32 bits per heavy atom. The molecule has 0 spiro atoms. The predicted octanol–water partition coefficient (Wildman–Crippen LogP) is 4.19. The third kappa shape index (κ3) is 4.32. The highest BCUT2D eigenvalue weighted by molar-refractivity contribution is 14.1. The Kier molecular flexibility index (Phi) is 6.43. The molecule has 0 saturated carbocycles. The summed E-state index contributed by atoms with van der Waals surface area (Å²) in [6, 6.07) is 9.88. The summed E-state index contributed by atoms with van der Waals surface area (Å²) in [5.41, 5.74) is 2.33. The first-order valence-electron chi connectivity index (χ1n) is 7.06. The first kappa shape index (κ1) is 17.5. The van der Waals surface area contributed by atoms with Crippen LogP contribution in [0.1, 0.15) is 30.8 Å². The molecule has 0 fully saturated rings. The number of nitrogens with zero attached hydrogens (tertiary/aromatic N) is 2. The average Bonchev–Trinajstić information content (AvgIpc) is 2.52. The summed E-state index contributed by atoms with van der Waals surface area (Å²) in [5, 5.41) is 12.5. The van der Waals surface area contributed by atoms with Crippen molar-refractivity contribution >= 4 is 38.5 Å². The fraction of sp³-hybridized carbons (Fsp3) is 0.375. The van der Waals surface area contributed by atoms with Crippen molar-refractivity contribution < 1.29 is 9.47 Å². The van der Waals surface area contributed by atoms with Crippen molar-refractivity contribution in [3.8, 4) is 5.88 Å². The molecule has 22 heavy (non-hydrogen) atoms. The second-order valence-corrected chi connectivity index (χ2v) is 6.92. The number of rotatable bonds is 6. The topological polar surface area (TPSA) is 49.1 Å². The number of alkyl halides is 1. The molecule has 6 heteroatoms. The van der Waals surface area contributed by atoms with Crippen molar-refractivity contribution in [3.63, 3.8) is 0 Å². The molecule has 0 saturated heterocycles. The van der Waals surface area contributed by atoms with Gasteiger partial charge in [-0.25, -0.2) is 4.98 Å². The normalized spacial score (nSPS) is 11.0. The van der Waals surface area contributed by atoms with E-state index in [4.69, 9.17) is 4.74 Å². The number of ether oxygens (including phenoxy) is 1. The Balaban J connectivity index is 2.32. The van der Waals surface area contributed by atoms with Crippen LogP contribution < -0.4 is 9.47 Å². The van der Waals surface area contributed by atoms with Crippen LogP contribution >= 0.6 is 38.5 Å². The van der Waals surface area contributed by atoms with Crippen molar-refractivity contribution in [2.75, 3.05) is 0 Å². The van der Waals surface area contributed by atoms with Gasteiger partial charge in [0.15, 0.2) is 0 Å². The van der Waals surface area contributed by atoms with E-state index in [1.54, 1.807) is 0 Å². The number of hydrogen-bond acceptors (Lipinski definition) is 3. The summed E-state index contributed by atoms with van der Waals surface area (Å²) in [6.45, 7) is 4.55. The van der Waals surface area contributed by atoms with E-state index in [2.05, 4.69) is 57.4 Å². The van der Waals surface area contributed by atoms with Gasteiger partial charge in [-0.15, -0.1) is 0 Å². The lowest BCUT2D eigenvalue weighted by Crippen LogP contribution is -2.37. The number of hydrogen-bond donors (Lipinski definition) is 0. The van der Waals surface area contributed by atoms with E-state index in [0.717, 1.165) is 10.3 Å². The first-order valence-corrected chi connectivity index (χ1v) is 9.38. The standard InChI is InChI=1S/C16H18BrIN2O2/c1-11(2)8-14-16(19-13(9-18)15(17)20(14)21)22-10-12-6-4-3-5-7-12/h3-7,11H,8-10H2,1-2H3. The van der Waals surface area contributed by atoms with Gasteiger partial charge >= 0.3 is 0 Å². The first-order chi connectivity index (χ1) is 10.5. The Labute approximate surface area is 152 Å². The minimum Gasteiger partial charge on any atom is -0.618 e. The lowest BCUT2D eigenvalue weighted by atomic mass is 10.1. The van der Waals surface area contributed by atoms with Crippen LogP contribution in [-0.2, 0) is 17.5 Å². The third-order valence-corrected chi connectivity index (χ3v) is 4.59. The van der Waals surface area contributed by atoms with Crippen molar-refractivity contribution in [1.82, 2.24) is 4.98 Å². The fourth-order valence-corrected chi connectivity index (χ4v) is 3.54. The Hall–Kier alpha value is -0.890. The van der Waals surface area contributed by atoms with Crippen LogP contribution in [-0.4, -0.2) is 4.98 Å². The molecule has 1 aromatic carbocycles. The molecule has 4 nitrogen and oxygen atoms in total. The largest absolute Gasteiger partial charge is 0.618 e. The number of aromatic nitrogens is 2. The molecular formula is C16H18BrIN2O2. The molecule has 1 heterocycles. The molecule has 0 unspecified atom stereocenters. The molecule has 2 aromatic rings. The molecule has 0 atom stereocenters. The van der Waals surface area contributed by atoms with Gasteiger partial charge in [-0.1, -0.05) is 66.8 Å². The molecule has 0 radical (unpaired) electrons. The van der Waals surface area contributed by atoms with E-state index in [9.17, 15) is 5.21 Å². The second kappa shape index (κ2) is 8.10. The van der Waals surface area contributed by atoms with Crippen LogP contribution in [0.3, 0.4) is 0 Å². The zero-order valence-corrected chi connectivity index (χ0v) is 16.3. The number of halogens is 2. The smallest absolute Gasteiger partial charge is 0.285 e. The molecular weight excluding hydrogens is 459 g/mol. The number of benzene rings is 1. The summed E-state index contributed by atoms with van der Waals surface area (Å²) in [4.78, 5) is 4.52. The highest BCUT2D eigenvalue weighted by Gasteiger charge is 2.24. The van der Waals surface area contributed by atoms with Gasteiger partial charge in [0.25, 0.3) is 16.2 Å². The van der Waals surface area contributed by atoms with Crippen LogP contribution in [0.5, 0.6) is 5.88 Å². The van der Waals surface area contributed by atoms with E-state index < -0.39 is 0 Å². The molecule has 1 aromatic heterocycles. The molecule has 2 rings (SSSR count). The van der Waals surface area contributed by atoms with Gasteiger partial charge in [-0.3, -0.25) is 0 Å². The maximum Gasteiger partial charge on any atom is 0.285 e. The minimum atomic E-state index is 0.346. The monoisotopic (exact) mass is 476 g/mol. The van der Waals surface area contributed by atoms with Crippen LogP contribution in [0, 0.1) is 11.1 Å². The van der Waals surface area contributed by atoms with E-state index in [0.29, 0.717) is 45.2 Å². The zero-order chi connectivity index (χ0) is 16.1. The SMILES string of the molecule is CC(C)Cc1c(OCc2ccccc2)nc(CI)c(Br)[n+]1[O-]. The maximum atomic E-state index is 12.5. The lowest BCUT2D eigenvalue weighted by molar-refractivity contribution is -0.627. The van der Waals surface area contributed by atoms with Crippen LogP contribution in [0.4, 0.5) is 0 Å². The maximum absolute atomic E-state index is 12.5. The molecule has 0 aliphatic rings. The Morgan fingerprint density at radius 2 is 2.00 bits per heavy atom. The van der Waals surface area contributed by atoms with E-state index >= 15 is 0 Å². The van der Waals surface area contributed by atoms with Crippen molar-refractivity contribution in [2.45, 2.75) is 31.3 Å². The van der Waals surface area contributed by atoms with Gasteiger partial charge < -0.3 is 9.94 Å². The lowest BCUT2D eigenvalue weighted by Gasteiger charge is -2.14. The summed E-state index contributed by atoms with van der Waals surface area (Å²) in [6.07, 6.45) is 0.626. The molecule has 0 bridgehead atoms. The Bertz CT molecular complexity index is 636. The highest BCUT2D eigenvalue weighted by Crippen LogP contribution is 2.23. The molecule has 0 aliphatic carbocycles. The van der Waals surface area contributed by atoms with Crippen molar-refractivity contribution in [3.05, 3.63) is 57.1 Å². The van der Waals surface area contributed by atoms with Crippen molar-refractivity contribution in [1.29, 1.82) is 0 Å². The van der Waals surface area contributed by atoms with Gasteiger partial charge in [-0.05, 0) is 11.5 Å². The minimum absolute atomic E-state index is 0.346. The van der Waals surface area contributed by atoms with Crippen LogP contribution in [0.15, 0.2) is 34.9 Å². The van der Waals surface area contributed by atoms with Gasteiger partial charge in [-0.2, -0.15) is 4.73 Å². The van der Waals surface area contributed by atoms with Crippen LogP contribution in [0.2, 0.25) is 0 Å². The van der Waals surface area contributed by atoms with Gasteiger partial charge in [0.05, 0.1) is 0 Å². The van der Waals surface area contributed by atoms with E-state index in [1.807, 2.05) is 30.3 Å². The van der Waals surface area contributed by atoms with Gasteiger partial charge in [0, 0.05) is 26.8 Å². The summed E-state index contributed by atoms with van der Waals surface area (Å²) < 4.78 is 7.87. The predicted molar refractivity (Wildman–Crippen MR) is 97.9 cm³/mol. The fourth-order valence-electron chi connectivity index (χ4n) is 2.04. The van der Waals surface area contributed by atoms with Gasteiger partial charge in [0.2, 0.25) is 0 Å². The van der Waals surface area contributed by atoms with E-state index in [1.165, 1.54) is 0 Å². The molecule has 0 N–H and O–H groups in total. The molecule has 0 amide bonds. The second-order valence-electron chi connectivity index (χ2n) is 5.40. The summed E-state index contributed by atoms with van der Waals surface area (Å²) in [5.74, 6) is 0.779. The quantitative estimate of drug-likeness (QED) is 0.272. The highest BCUT2D eigenvalue weighted by atomic mass is 127. The van der Waals surface area contributed by atoms with Crippen molar-refractivity contribution in [2.24, 2.45) is 5.92 Å². The molecule has 0 aliphatic heterocycles. The van der Waals surface area contributed by atoms with E-state index in [-0.39, 0.29) is 0 Å². The summed E-state index contributed by atoms with van der Waals surface area (Å²) >= 11 is 5.53. The van der Waals surface area contributed by atoms with Crippen LogP contribution in [0.25, 0.3) is 0 Å². The Morgan fingerprint density at radius 3 is 2.59 bits per heavy atom. The average molecular weight is 477 g/mol. The summed E-state index contributed by atoms with van der Waals surface area (Å²) in [7, 11) is 0. The van der Waals surface area contributed by atoms with Gasteiger partial charge in [0.1, 0.15) is 12.3 Å². The molecule has 118 valence electrons. The third-order valence-electron chi connectivity index (χ3n) is 3.09. The zero-order valence-electron chi connectivity index (χ0n) is 12.6.